The molecular weight excluding hydrogens is 387 g/mol. The SMILES string of the molecule is CC(C)N(Cc1nnc(-c2ccccc2Cl)o1)C(=O)Cc1ccc(Cl)nc1. The van der Waals surface area contributed by atoms with Crippen molar-refractivity contribution in [2.24, 2.45) is 0 Å². The van der Waals surface area contributed by atoms with Gasteiger partial charge in [0.25, 0.3) is 0 Å². The van der Waals surface area contributed by atoms with Crippen molar-refractivity contribution in [3.8, 4) is 11.5 Å². The maximum absolute atomic E-state index is 12.7. The predicted octanol–water partition coefficient (Wildman–Crippen LogP) is 4.42. The van der Waals surface area contributed by atoms with E-state index >= 15 is 0 Å². The van der Waals surface area contributed by atoms with Gasteiger partial charge in [-0.2, -0.15) is 0 Å². The predicted molar refractivity (Wildman–Crippen MR) is 103 cm³/mol. The Bertz CT molecular complexity index is 925. The average Bonchev–Trinajstić information content (AvgIpc) is 3.10. The third-order valence-corrected chi connectivity index (χ3v) is 4.52. The first kappa shape index (κ1) is 19.3. The number of aromatic nitrogens is 3. The largest absolute Gasteiger partial charge is 0.419 e. The van der Waals surface area contributed by atoms with Crippen molar-refractivity contribution in [1.82, 2.24) is 20.1 Å². The number of rotatable bonds is 6. The summed E-state index contributed by atoms with van der Waals surface area (Å²) < 4.78 is 5.72. The highest BCUT2D eigenvalue weighted by Gasteiger charge is 2.21. The van der Waals surface area contributed by atoms with E-state index in [1.807, 2.05) is 26.0 Å². The minimum atomic E-state index is -0.0633. The van der Waals surface area contributed by atoms with Crippen molar-refractivity contribution in [2.45, 2.75) is 32.9 Å². The number of carbonyl (C=O) groups excluding carboxylic acids is 1. The van der Waals surface area contributed by atoms with Gasteiger partial charge in [0, 0.05) is 12.2 Å². The van der Waals surface area contributed by atoms with Crippen LogP contribution in [-0.4, -0.2) is 32.0 Å². The molecule has 140 valence electrons. The van der Waals surface area contributed by atoms with Gasteiger partial charge in [-0.05, 0) is 37.6 Å². The molecule has 0 bridgehead atoms. The molecule has 1 amide bonds. The Morgan fingerprint density at radius 1 is 1.15 bits per heavy atom. The van der Waals surface area contributed by atoms with Crippen LogP contribution < -0.4 is 0 Å². The van der Waals surface area contributed by atoms with Crippen LogP contribution in [0.1, 0.15) is 25.3 Å². The van der Waals surface area contributed by atoms with E-state index in [2.05, 4.69) is 15.2 Å². The number of nitrogens with zero attached hydrogens (tertiary/aromatic N) is 4. The van der Waals surface area contributed by atoms with Crippen LogP contribution in [0.25, 0.3) is 11.5 Å². The molecule has 6 nitrogen and oxygen atoms in total. The molecule has 0 aliphatic carbocycles. The van der Waals surface area contributed by atoms with Gasteiger partial charge in [-0.3, -0.25) is 4.79 Å². The van der Waals surface area contributed by atoms with Crippen LogP contribution in [0.15, 0.2) is 47.0 Å². The Balaban J connectivity index is 1.74. The van der Waals surface area contributed by atoms with E-state index in [1.54, 1.807) is 35.4 Å². The molecule has 0 saturated heterocycles. The number of hydrogen-bond acceptors (Lipinski definition) is 5. The lowest BCUT2D eigenvalue weighted by Gasteiger charge is -2.25. The van der Waals surface area contributed by atoms with E-state index in [-0.39, 0.29) is 24.9 Å². The molecule has 3 rings (SSSR count). The van der Waals surface area contributed by atoms with Gasteiger partial charge in [0.1, 0.15) is 5.15 Å². The number of amides is 1. The molecule has 0 radical (unpaired) electrons. The quantitative estimate of drug-likeness (QED) is 0.568. The van der Waals surface area contributed by atoms with Crippen molar-refractivity contribution in [3.05, 3.63) is 64.2 Å². The highest BCUT2D eigenvalue weighted by molar-refractivity contribution is 6.33. The van der Waals surface area contributed by atoms with Crippen LogP contribution in [0.2, 0.25) is 10.2 Å². The van der Waals surface area contributed by atoms with Crippen molar-refractivity contribution < 1.29 is 9.21 Å². The van der Waals surface area contributed by atoms with Crippen LogP contribution in [0.5, 0.6) is 0 Å². The summed E-state index contributed by atoms with van der Waals surface area (Å²) in [5.74, 6) is 0.612. The van der Waals surface area contributed by atoms with Gasteiger partial charge < -0.3 is 9.32 Å². The van der Waals surface area contributed by atoms with Gasteiger partial charge >= 0.3 is 0 Å². The molecule has 0 N–H and O–H groups in total. The molecule has 0 spiro atoms. The number of halogens is 2. The minimum absolute atomic E-state index is 0.0339. The van der Waals surface area contributed by atoms with Crippen molar-refractivity contribution in [2.75, 3.05) is 0 Å². The van der Waals surface area contributed by atoms with Gasteiger partial charge in [0.15, 0.2) is 0 Å². The van der Waals surface area contributed by atoms with Gasteiger partial charge in [-0.15, -0.1) is 10.2 Å². The lowest BCUT2D eigenvalue weighted by Crippen LogP contribution is -2.37. The Morgan fingerprint density at radius 2 is 1.93 bits per heavy atom. The van der Waals surface area contributed by atoms with Crippen LogP contribution in [0, 0.1) is 0 Å². The second-order valence-electron chi connectivity index (χ2n) is 6.26. The summed E-state index contributed by atoms with van der Waals surface area (Å²) in [5.41, 5.74) is 1.45. The fourth-order valence-corrected chi connectivity index (χ4v) is 2.88. The zero-order valence-corrected chi connectivity index (χ0v) is 16.4. The smallest absolute Gasteiger partial charge is 0.249 e. The lowest BCUT2D eigenvalue weighted by molar-refractivity contribution is -0.133. The molecule has 0 aliphatic rings. The highest BCUT2D eigenvalue weighted by atomic mass is 35.5. The summed E-state index contributed by atoms with van der Waals surface area (Å²) in [4.78, 5) is 18.4. The Hall–Kier alpha value is -2.44. The first-order valence-electron chi connectivity index (χ1n) is 8.41. The van der Waals surface area contributed by atoms with Crippen LogP contribution in [0.4, 0.5) is 0 Å². The van der Waals surface area contributed by atoms with Gasteiger partial charge in [-0.25, -0.2) is 4.98 Å². The molecule has 2 heterocycles. The van der Waals surface area contributed by atoms with E-state index in [0.717, 1.165) is 5.56 Å². The summed E-state index contributed by atoms with van der Waals surface area (Å²) in [5, 5.41) is 9.03. The zero-order valence-electron chi connectivity index (χ0n) is 14.9. The molecule has 0 aliphatic heterocycles. The van der Waals surface area contributed by atoms with Gasteiger partial charge in [0.05, 0.1) is 23.6 Å². The first-order valence-corrected chi connectivity index (χ1v) is 9.17. The maximum atomic E-state index is 12.7. The van der Waals surface area contributed by atoms with Gasteiger partial charge in [-0.1, -0.05) is 41.4 Å². The minimum Gasteiger partial charge on any atom is -0.419 e. The van der Waals surface area contributed by atoms with E-state index in [0.29, 0.717) is 27.5 Å². The summed E-state index contributed by atoms with van der Waals surface area (Å²) in [6.45, 7) is 4.09. The first-order chi connectivity index (χ1) is 12.9. The molecule has 0 fully saturated rings. The second-order valence-corrected chi connectivity index (χ2v) is 7.06. The number of carbonyl (C=O) groups is 1. The normalized spacial score (nSPS) is 11.0. The van der Waals surface area contributed by atoms with Crippen LogP contribution in [0.3, 0.4) is 0 Å². The van der Waals surface area contributed by atoms with E-state index < -0.39 is 0 Å². The van der Waals surface area contributed by atoms with Crippen molar-refractivity contribution in [3.63, 3.8) is 0 Å². The highest BCUT2D eigenvalue weighted by Crippen LogP contribution is 2.26. The fourth-order valence-electron chi connectivity index (χ4n) is 2.55. The molecule has 1 aromatic carbocycles. The van der Waals surface area contributed by atoms with E-state index in [9.17, 15) is 4.79 Å². The lowest BCUT2D eigenvalue weighted by atomic mass is 10.1. The number of benzene rings is 1. The monoisotopic (exact) mass is 404 g/mol. The van der Waals surface area contributed by atoms with Crippen molar-refractivity contribution in [1.29, 1.82) is 0 Å². The standard InChI is InChI=1S/C19H18Cl2N4O2/c1-12(2)25(18(26)9-13-7-8-16(21)22-10-13)11-17-23-24-19(27-17)14-5-3-4-6-15(14)20/h3-8,10,12H,9,11H2,1-2H3. The molecule has 8 heteroatoms. The summed E-state index contributed by atoms with van der Waals surface area (Å²) in [6.07, 6.45) is 1.81. The maximum Gasteiger partial charge on any atom is 0.249 e. The molecule has 27 heavy (non-hydrogen) atoms. The van der Waals surface area contributed by atoms with E-state index in [1.165, 1.54) is 0 Å². The van der Waals surface area contributed by atoms with E-state index in [4.69, 9.17) is 27.6 Å². The molecule has 0 unspecified atom stereocenters. The Morgan fingerprint density at radius 3 is 2.59 bits per heavy atom. The third-order valence-electron chi connectivity index (χ3n) is 3.96. The average molecular weight is 405 g/mol. The fraction of sp³-hybridized carbons (Fsp3) is 0.263. The number of pyridine rings is 1. The molecule has 3 aromatic rings. The Kier molecular flexibility index (Phi) is 6.08. The topological polar surface area (TPSA) is 72.1 Å². The van der Waals surface area contributed by atoms with Crippen LogP contribution >= 0.6 is 23.2 Å². The van der Waals surface area contributed by atoms with Crippen molar-refractivity contribution >= 4 is 29.1 Å². The second kappa shape index (κ2) is 8.50. The van der Waals surface area contributed by atoms with Gasteiger partial charge in [0.2, 0.25) is 17.7 Å². The molecule has 0 atom stereocenters. The third kappa shape index (κ3) is 4.84. The summed E-state index contributed by atoms with van der Waals surface area (Å²) >= 11 is 12.0. The molecule has 0 saturated carbocycles. The zero-order chi connectivity index (χ0) is 19.4. The molecule has 2 aromatic heterocycles. The Labute approximate surface area is 167 Å². The summed E-state index contributed by atoms with van der Waals surface area (Å²) in [6, 6.07) is 10.6. The number of hydrogen-bond donors (Lipinski definition) is 0. The van der Waals surface area contributed by atoms with Crippen LogP contribution in [-0.2, 0) is 17.8 Å². The molecular formula is C19H18Cl2N4O2. The summed E-state index contributed by atoms with van der Waals surface area (Å²) in [7, 11) is 0.